The highest BCUT2D eigenvalue weighted by Gasteiger charge is 2.21. The number of amides is 1. The second-order valence-corrected chi connectivity index (χ2v) is 4.57. The summed E-state index contributed by atoms with van der Waals surface area (Å²) < 4.78 is 0. The molecule has 8 heteroatoms. The molecule has 0 radical (unpaired) electrons. The summed E-state index contributed by atoms with van der Waals surface area (Å²) in [6, 6.07) is 1.22. The molecule has 0 aliphatic carbocycles. The van der Waals surface area contributed by atoms with Crippen LogP contribution in [0.1, 0.15) is 30.6 Å². The Labute approximate surface area is 123 Å². The van der Waals surface area contributed by atoms with E-state index in [0.29, 0.717) is 13.1 Å². The van der Waals surface area contributed by atoms with Crippen LogP contribution in [-0.4, -0.2) is 46.9 Å². The fourth-order valence-electron chi connectivity index (χ4n) is 1.96. The van der Waals surface area contributed by atoms with Crippen molar-refractivity contribution in [2.75, 3.05) is 31.9 Å². The van der Waals surface area contributed by atoms with Crippen LogP contribution in [0.25, 0.3) is 0 Å². The Kier molecular flexibility index (Phi) is 6.54. The Bertz CT molecular complexity index is 507. The van der Waals surface area contributed by atoms with Crippen LogP contribution < -0.4 is 11.1 Å². The van der Waals surface area contributed by atoms with Gasteiger partial charge in [-0.3, -0.25) is 14.9 Å². The number of rotatable bonds is 8. The standard InChI is InChI=1S/C13H21N5O3/c1-3-6-17(4-2)7-5-15-13(19)10-8-12(14)16-9-11(10)18(20)21/h8-9H,3-7H2,1-2H3,(H2,14,16)(H,15,19). The molecule has 0 aromatic carbocycles. The third-order valence-electron chi connectivity index (χ3n) is 3.05. The lowest BCUT2D eigenvalue weighted by molar-refractivity contribution is -0.385. The Morgan fingerprint density at radius 2 is 2.19 bits per heavy atom. The van der Waals surface area contributed by atoms with Crippen LogP contribution in [0, 0.1) is 10.1 Å². The fraction of sp³-hybridized carbons (Fsp3) is 0.538. The van der Waals surface area contributed by atoms with Crippen LogP contribution in [-0.2, 0) is 0 Å². The third kappa shape index (κ3) is 4.99. The maximum absolute atomic E-state index is 12.0. The number of anilines is 1. The molecule has 1 aromatic rings. The second kappa shape index (κ2) is 8.15. The molecule has 0 aliphatic rings. The maximum atomic E-state index is 12.0. The average molecular weight is 295 g/mol. The third-order valence-corrected chi connectivity index (χ3v) is 3.05. The summed E-state index contributed by atoms with van der Waals surface area (Å²) in [6.07, 6.45) is 2.04. The topological polar surface area (TPSA) is 114 Å². The molecular formula is C13H21N5O3. The Hall–Kier alpha value is -2.22. The molecule has 0 bridgehead atoms. The predicted molar refractivity (Wildman–Crippen MR) is 80.0 cm³/mol. The van der Waals surface area contributed by atoms with Crippen molar-refractivity contribution >= 4 is 17.4 Å². The highest BCUT2D eigenvalue weighted by atomic mass is 16.6. The SMILES string of the molecule is CCCN(CC)CCNC(=O)c1cc(N)ncc1[N+](=O)[O-]. The highest BCUT2D eigenvalue weighted by Crippen LogP contribution is 2.18. The molecular weight excluding hydrogens is 274 g/mol. The van der Waals surface area contributed by atoms with E-state index in [-0.39, 0.29) is 17.1 Å². The lowest BCUT2D eigenvalue weighted by Gasteiger charge is -2.19. The van der Waals surface area contributed by atoms with Gasteiger partial charge in [0.05, 0.1) is 4.92 Å². The van der Waals surface area contributed by atoms with Crippen molar-refractivity contribution in [3.63, 3.8) is 0 Å². The number of nitrogens with two attached hydrogens (primary N) is 1. The number of aromatic nitrogens is 1. The summed E-state index contributed by atoms with van der Waals surface area (Å²) in [5.41, 5.74) is 5.07. The van der Waals surface area contributed by atoms with Gasteiger partial charge in [0, 0.05) is 13.1 Å². The first-order valence-electron chi connectivity index (χ1n) is 6.90. The van der Waals surface area contributed by atoms with E-state index < -0.39 is 10.8 Å². The highest BCUT2D eigenvalue weighted by molar-refractivity contribution is 5.98. The van der Waals surface area contributed by atoms with E-state index in [2.05, 4.69) is 22.1 Å². The van der Waals surface area contributed by atoms with Crippen molar-refractivity contribution in [1.82, 2.24) is 15.2 Å². The van der Waals surface area contributed by atoms with Crippen molar-refractivity contribution in [2.24, 2.45) is 0 Å². The van der Waals surface area contributed by atoms with Gasteiger partial charge in [0.2, 0.25) is 0 Å². The Morgan fingerprint density at radius 3 is 2.76 bits per heavy atom. The summed E-state index contributed by atoms with van der Waals surface area (Å²) in [6.45, 7) is 7.10. The molecule has 1 rings (SSSR count). The van der Waals surface area contributed by atoms with Gasteiger partial charge in [-0.2, -0.15) is 0 Å². The largest absolute Gasteiger partial charge is 0.384 e. The molecule has 1 aromatic heterocycles. The van der Waals surface area contributed by atoms with Crippen LogP contribution in [0.15, 0.2) is 12.3 Å². The summed E-state index contributed by atoms with van der Waals surface area (Å²) in [4.78, 5) is 28.1. The van der Waals surface area contributed by atoms with Gasteiger partial charge >= 0.3 is 0 Å². The van der Waals surface area contributed by atoms with Crippen molar-refractivity contribution < 1.29 is 9.72 Å². The van der Waals surface area contributed by atoms with E-state index in [4.69, 9.17) is 5.73 Å². The molecule has 8 nitrogen and oxygen atoms in total. The molecule has 1 heterocycles. The van der Waals surface area contributed by atoms with E-state index >= 15 is 0 Å². The van der Waals surface area contributed by atoms with Crippen LogP contribution >= 0.6 is 0 Å². The normalized spacial score (nSPS) is 10.6. The minimum absolute atomic E-state index is 0.0639. The van der Waals surface area contributed by atoms with Gasteiger partial charge in [0.25, 0.3) is 11.6 Å². The summed E-state index contributed by atoms with van der Waals surface area (Å²) in [5, 5.41) is 13.6. The molecule has 0 aliphatic heterocycles. The first kappa shape index (κ1) is 16.8. The van der Waals surface area contributed by atoms with E-state index in [1.165, 1.54) is 6.07 Å². The lowest BCUT2D eigenvalue weighted by Crippen LogP contribution is -2.35. The number of carbonyl (C=O) groups is 1. The number of pyridine rings is 1. The number of hydrogen-bond acceptors (Lipinski definition) is 6. The predicted octanol–water partition coefficient (Wildman–Crippen LogP) is 1.03. The number of carbonyl (C=O) groups excluding carboxylic acids is 1. The van der Waals surface area contributed by atoms with Crippen molar-refractivity contribution in [2.45, 2.75) is 20.3 Å². The summed E-state index contributed by atoms with van der Waals surface area (Å²) >= 11 is 0. The quantitative estimate of drug-likeness (QED) is 0.547. The molecule has 21 heavy (non-hydrogen) atoms. The first-order chi connectivity index (χ1) is 9.99. The van der Waals surface area contributed by atoms with Gasteiger partial charge in [0.15, 0.2) is 0 Å². The zero-order chi connectivity index (χ0) is 15.8. The van der Waals surface area contributed by atoms with E-state index in [1.54, 1.807) is 0 Å². The van der Waals surface area contributed by atoms with Crippen molar-refractivity contribution in [3.8, 4) is 0 Å². The molecule has 3 N–H and O–H groups in total. The van der Waals surface area contributed by atoms with Crippen molar-refractivity contribution in [3.05, 3.63) is 27.9 Å². The van der Waals surface area contributed by atoms with Gasteiger partial charge in [0.1, 0.15) is 17.6 Å². The second-order valence-electron chi connectivity index (χ2n) is 4.57. The van der Waals surface area contributed by atoms with Gasteiger partial charge < -0.3 is 16.0 Å². The Morgan fingerprint density at radius 1 is 1.48 bits per heavy atom. The lowest BCUT2D eigenvalue weighted by atomic mass is 10.2. The number of nitrogen functional groups attached to an aromatic ring is 1. The average Bonchev–Trinajstić information content (AvgIpc) is 2.45. The maximum Gasteiger partial charge on any atom is 0.300 e. The minimum atomic E-state index is -0.642. The number of likely N-dealkylation sites (N-methyl/N-ethyl adjacent to an activating group) is 1. The number of nitrogens with zero attached hydrogens (tertiary/aromatic N) is 3. The number of hydrogen-bond donors (Lipinski definition) is 2. The monoisotopic (exact) mass is 295 g/mol. The van der Waals surface area contributed by atoms with E-state index in [0.717, 1.165) is 25.7 Å². The fourth-order valence-corrected chi connectivity index (χ4v) is 1.96. The summed E-state index contributed by atoms with van der Waals surface area (Å²) in [5.74, 6) is -0.435. The zero-order valence-corrected chi connectivity index (χ0v) is 12.3. The van der Waals surface area contributed by atoms with Gasteiger partial charge in [-0.05, 0) is 25.6 Å². The van der Waals surface area contributed by atoms with Gasteiger partial charge in [-0.1, -0.05) is 13.8 Å². The van der Waals surface area contributed by atoms with Crippen LogP contribution in [0.3, 0.4) is 0 Å². The van der Waals surface area contributed by atoms with Crippen LogP contribution in [0.2, 0.25) is 0 Å². The van der Waals surface area contributed by atoms with E-state index in [1.807, 2.05) is 6.92 Å². The van der Waals surface area contributed by atoms with E-state index in [9.17, 15) is 14.9 Å². The van der Waals surface area contributed by atoms with Gasteiger partial charge in [-0.15, -0.1) is 0 Å². The van der Waals surface area contributed by atoms with Crippen LogP contribution in [0.4, 0.5) is 11.5 Å². The minimum Gasteiger partial charge on any atom is -0.384 e. The van der Waals surface area contributed by atoms with Crippen LogP contribution in [0.5, 0.6) is 0 Å². The molecule has 0 saturated carbocycles. The molecule has 1 amide bonds. The van der Waals surface area contributed by atoms with Gasteiger partial charge in [-0.25, -0.2) is 4.98 Å². The first-order valence-corrected chi connectivity index (χ1v) is 6.90. The van der Waals surface area contributed by atoms with Crippen molar-refractivity contribution in [1.29, 1.82) is 0 Å². The molecule has 0 saturated heterocycles. The molecule has 116 valence electrons. The number of nitrogens with one attached hydrogen (secondary N) is 1. The molecule has 0 spiro atoms. The summed E-state index contributed by atoms with van der Waals surface area (Å²) in [7, 11) is 0. The number of nitro groups is 1. The Balaban J connectivity index is 2.67. The molecule has 0 fully saturated rings. The smallest absolute Gasteiger partial charge is 0.300 e. The molecule has 0 unspecified atom stereocenters. The molecule has 0 atom stereocenters. The zero-order valence-electron chi connectivity index (χ0n) is 12.3.